The van der Waals surface area contributed by atoms with Crippen molar-refractivity contribution in [2.24, 2.45) is 0 Å². The van der Waals surface area contributed by atoms with Gasteiger partial charge >= 0.3 is 0 Å². The van der Waals surface area contributed by atoms with Gasteiger partial charge in [0.2, 0.25) is 5.95 Å². The summed E-state index contributed by atoms with van der Waals surface area (Å²) >= 11 is 0. The Hall–Kier alpha value is -2.74. The molecule has 138 valence electrons. The number of para-hydroxylation sites is 1. The van der Waals surface area contributed by atoms with Crippen LogP contribution < -0.4 is 9.80 Å². The Morgan fingerprint density at radius 1 is 1.27 bits per heavy atom. The number of rotatable bonds is 6. The molecule has 0 aliphatic carbocycles. The van der Waals surface area contributed by atoms with Crippen LogP contribution in [0.5, 0.6) is 0 Å². The Balaban J connectivity index is 1.67. The molecule has 1 unspecified atom stereocenters. The largest absolute Gasteiger partial charge is 0.355 e. The van der Waals surface area contributed by atoms with Gasteiger partial charge in [-0.25, -0.2) is 4.98 Å². The minimum Gasteiger partial charge on any atom is -0.355 e. The number of anilines is 2. The van der Waals surface area contributed by atoms with Crippen LogP contribution in [0.4, 0.5) is 17.5 Å². The number of nitro benzene ring substituents is 1. The lowest BCUT2D eigenvalue weighted by atomic mass is 10.1. The van der Waals surface area contributed by atoms with Gasteiger partial charge in [-0.3, -0.25) is 15.0 Å². The molecule has 2 heterocycles. The van der Waals surface area contributed by atoms with Crippen LogP contribution >= 0.6 is 0 Å². The Morgan fingerprint density at radius 2 is 2.04 bits per heavy atom. The van der Waals surface area contributed by atoms with Crippen LogP contribution in [-0.2, 0) is 6.54 Å². The van der Waals surface area contributed by atoms with Crippen molar-refractivity contribution in [2.45, 2.75) is 19.0 Å². The van der Waals surface area contributed by atoms with Gasteiger partial charge in [0.1, 0.15) is 5.82 Å². The fraction of sp³-hybridized carbons (Fsp3) is 0.444. The van der Waals surface area contributed by atoms with Crippen molar-refractivity contribution in [2.75, 3.05) is 44.0 Å². The summed E-state index contributed by atoms with van der Waals surface area (Å²) < 4.78 is 0. The van der Waals surface area contributed by atoms with Crippen molar-refractivity contribution < 1.29 is 4.92 Å². The Morgan fingerprint density at radius 3 is 2.77 bits per heavy atom. The van der Waals surface area contributed by atoms with E-state index in [9.17, 15) is 10.1 Å². The maximum atomic E-state index is 11.2. The molecule has 0 bridgehead atoms. The van der Waals surface area contributed by atoms with Crippen molar-refractivity contribution in [1.82, 2.24) is 14.9 Å². The smallest absolute Gasteiger partial charge is 0.273 e. The number of hydrogen-bond donors (Lipinski definition) is 0. The third kappa shape index (κ3) is 3.91. The molecule has 1 saturated heterocycles. The van der Waals surface area contributed by atoms with E-state index in [4.69, 9.17) is 0 Å². The lowest BCUT2D eigenvalue weighted by Crippen LogP contribution is -2.35. The summed E-state index contributed by atoms with van der Waals surface area (Å²) in [6.07, 6.45) is 2.77. The van der Waals surface area contributed by atoms with Crippen LogP contribution in [0, 0.1) is 10.1 Å². The van der Waals surface area contributed by atoms with E-state index in [1.165, 1.54) is 0 Å². The van der Waals surface area contributed by atoms with Crippen LogP contribution in [0.15, 0.2) is 36.5 Å². The first-order valence-corrected chi connectivity index (χ1v) is 8.63. The first kappa shape index (κ1) is 18.1. The molecule has 1 aromatic carbocycles. The van der Waals surface area contributed by atoms with Gasteiger partial charge in [0.25, 0.3) is 5.69 Å². The lowest BCUT2D eigenvalue weighted by Gasteiger charge is -2.26. The zero-order valence-corrected chi connectivity index (χ0v) is 15.4. The molecule has 0 N–H and O–H groups in total. The fourth-order valence-corrected chi connectivity index (χ4v) is 3.27. The van der Waals surface area contributed by atoms with E-state index in [0.717, 1.165) is 30.9 Å². The van der Waals surface area contributed by atoms with E-state index < -0.39 is 0 Å². The van der Waals surface area contributed by atoms with E-state index >= 15 is 0 Å². The molecule has 0 spiro atoms. The molecule has 1 fully saturated rings. The minimum absolute atomic E-state index is 0.190. The second kappa shape index (κ2) is 7.65. The number of benzene rings is 1. The third-order valence-electron chi connectivity index (χ3n) is 4.77. The number of nitrogens with zero attached hydrogens (tertiary/aromatic N) is 6. The van der Waals surface area contributed by atoms with Gasteiger partial charge in [-0.2, -0.15) is 4.98 Å². The summed E-state index contributed by atoms with van der Waals surface area (Å²) in [5, 5.41) is 11.2. The monoisotopic (exact) mass is 356 g/mol. The standard InChI is InChI=1S/C18H24N6O2/c1-21(2)18-19-10-8-17(20-18)22(3)15-9-11-23(13-15)12-14-6-4-5-7-16(14)24(25)26/h4-8,10,15H,9,11-13H2,1-3H3. The van der Waals surface area contributed by atoms with Crippen molar-refractivity contribution in [3.63, 3.8) is 0 Å². The minimum atomic E-state index is -0.307. The van der Waals surface area contributed by atoms with Gasteiger partial charge in [0.05, 0.1) is 4.92 Å². The number of hydrogen-bond acceptors (Lipinski definition) is 7. The van der Waals surface area contributed by atoms with Crippen LogP contribution in [0.2, 0.25) is 0 Å². The van der Waals surface area contributed by atoms with Gasteiger partial charge in [-0.1, -0.05) is 18.2 Å². The molecular formula is C18H24N6O2. The summed E-state index contributed by atoms with van der Waals surface area (Å²) in [4.78, 5) is 26.1. The highest BCUT2D eigenvalue weighted by Gasteiger charge is 2.28. The molecule has 8 heteroatoms. The molecule has 0 saturated carbocycles. The molecule has 3 rings (SSSR count). The van der Waals surface area contributed by atoms with Crippen molar-refractivity contribution in [1.29, 1.82) is 0 Å². The van der Waals surface area contributed by atoms with Gasteiger partial charge in [0.15, 0.2) is 0 Å². The fourth-order valence-electron chi connectivity index (χ4n) is 3.27. The van der Waals surface area contributed by atoms with E-state index in [1.807, 2.05) is 44.2 Å². The average molecular weight is 356 g/mol. The molecule has 1 aliphatic rings. The SMILES string of the molecule is CN(C)c1nccc(N(C)C2CCN(Cc3ccccc3[N+](=O)[O-])C2)n1. The molecule has 0 amide bonds. The lowest BCUT2D eigenvalue weighted by molar-refractivity contribution is -0.385. The summed E-state index contributed by atoms with van der Waals surface area (Å²) in [7, 11) is 5.88. The summed E-state index contributed by atoms with van der Waals surface area (Å²) in [5.74, 6) is 1.57. The van der Waals surface area contributed by atoms with Crippen LogP contribution in [0.1, 0.15) is 12.0 Å². The Bertz CT molecular complexity index is 782. The second-order valence-corrected chi connectivity index (χ2v) is 6.78. The molecule has 1 atom stereocenters. The highest BCUT2D eigenvalue weighted by molar-refractivity contribution is 5.44. The molecule has 0 radical (unpaired) electrons. The average Bonchev–Trinajstić information content (AvgIpc) is 3.10. The van der Waals surface area contributed by atoms with Crippen molar-refractivity contribution in [3.8, 4) is 0 Å². The molecule has 1 aliphatic heterocycles. The van der Waals surface area contributed by atoms with Crippen LogP contribution in [-0.4, -0.2) is 60.1 Å². The second-order valence-electron chi connectivity index (χ2n) is 6.78. The summed E-state index contributed by atoms with van der Waals surface area (Å²) in [6.45, 7) is 2.35. The quantitative estimate of drug-likeness (QED) is 0.580. The number of likely N-dealkylation sites (N-methyl/N-ethyl adjacent to an activating group) is 1. The van der Waals surface area contributed by atoms with E-state index in [0.29, 0.717) is 18.5 Å². The first-order chi connectivity index (χ1) is 12.5. The first-order valence-electron chi connectivity index (χ1n) is 8.63. The summed E-state index contributed by atoms with van der Waals surface area (Å²) in [5.41, 5.74) is 0.952. The van der Waals surface area contributed by atoms with Gasteiger partial charge in [-0.05, 0) is 12.5 Å². The van der Waals surface area contributed by atoms with Gasteiger partial charge < -0.3 is 9.80 Å². The topological polar surface area (TPSA) is 78.6 Å². The zero-order chi connectivity index (χ0) is 18.7. The highest BCUT2D eigenvalue weighted by Crippen LogP contribution is 2.25. The highest BCUT2D eigenvalue weighted by atomic mass is 16.6. The van der Waals surface area contributed by atoms with Gasteiger partial charge in [0, 0.05) is 64.6 Å². The van der Waals surface area contributed by atoms with Crippen LogP contribution in [0.3, 0.4) is 0 Å². The third-order valence-corrected chi connectivity index (χ3v) is 4.77. The van der Waals surface area contributed by atoms with Gasteiger partial charge in [-0.15, -0.1) is 0 Å². The normalized spacial score (nSPS) is 17.3. The summed E-state index contributed by atoms with van der Waals surface area (Å²) in [6, 6.07) is 9.20. The Labute approximate surface area is 153 Å². The molecule has 1 aromatic heterocycles. The Kier molecular flexibility index (Phi) is 5.32. The predicted molar refractivity (Wildman–Crippen MR) is 102 cm³/mol. The van der Waals surface area contributed by atoms with Crippen molar-refractivity contribution in [3.05, 3.63) is 52.2 Å². The maximum absolute atomic E-state index is 11.2. The molecule has 8 nitrogen and oxygen atoms in total. The number of nitro groups is 1. The molecular weight excluding hydrogens is 332 g/mol. The predicted octanol–water partition coefficient (Wildman–Crippen LogP) is 2.16. The van der Waals surface area contributed by atoms with Crippen LogP contribution in [0.25, 0.3) is 0 Å². The maximum Gasteiger partial charge on any atom is 0.273 e. The number of likely N-dealkylation sites (tertiary alicyclic amines) is 1. The van der Waals surface area contributed by atoms with Crippen molar-refractivity contribution >= 4 is 17.5 Å². The van der Waals surface area contributed by atoms with E-state index in [1.54, 1.807) is 18.3 Å². The van der Waals surface area contributed by atoms with E-state index in [-0.39, 0.29) is 10.6 Å². The molecule has 26 heavy (non-hydrogen) atoms. The van der Waals surface area contributed by atoms with E-state index in [2.05, 4.69) is 19.8 Å². The zero-order valence-electron chi connectivity index (χ0n) is 15.4. The molecule has 2 aromatic rings. The number of aromatic nitrogens is 2.